The van der Waals surface area contributed by atoms with Crippen LogP contribution in [0.25, 0.3) is 22.3 Å². The number of ketones is 2. The summed E-state index contributed by atoms with van der Waals surface area (Å²) in [6.07, 6.45) is 6.09. The van der Waals surface area contributed by atoms with Gasteiger partial charge in [-0.15, -0.1) is 0 Å². The fraction of sp³-hybridized carbons (Fsp3) is 0.528. The van der Waals surface area contributed by atoms with Crippen molar-refractivity contribution in [3.8, 4) is 17.1 Å². The van der Waals surface area contributed by atoms with Crippen molar-refractivity contribution in [1.29, 1.82) is 0 Å². The van der Waals surface area contributed by atoms with Crippen molar-refractivity contribution >= 4 is 28.4 Å². The number of aliphatic hydroxyl groups excluding tert-OH is 1. The van der Waals surface area contributed by atoms with E-state index in [2.05, 4.69) is 19.2 Å². The monoisotopic (exact) mass is 631 g/mol. The van der Waals surface area contributed by atoms with Gasteiger partial charge in [-0.25, -0.2) is 4.98 Å². The predicted octanol–water partition coefficient (Wildman–Crippen LogP) is 4.28. The first-order valence-corrected chi connectivity index (χ1v) is 16.6. The fourth-order valence-corrected chi connectivity index (χ4v) is 6.74. The van der Waals surface area contributed by atoms with Gasteiger partial charge in [0.15, 0.2) is 11.6 Å². The number of nitrogens with one attached hydrogen (secondary N) is 1. The van der Waals surface area contributed by atoms with Gasteiger partial charge in [-0.2, -0.15) is 0 Å². The van der Waals surface area contributed by atoms with Gasteiger partial charge >= 0.3 is 5.97 Å². The first-order valence-electron chi connectivity index (χ1n) is 16.6. The molecule has 0 unspecified atom stereocenters. The summed E-state index contributed by atoms with van der Waals surface area (Å²) in [6.45, 7) is 6.56. The minimum Gasteiger partial charge on any atom is -0.427 e. The summed E-state index contributed by atoms with van der Waals surface area (Å²) in [5, 5.41) is 24.5. The molecular weight excluding hydrogens is 586 g/mol. The van der Waals surface area contributed by atoms with Gasteiger partial charge in [0.05, 0.1) is 23.4 Å². The van der Waals surface area contributed by atoms with Gasteiger partial charge in [-0.1, -0.05) is 40.0 Å². The average Bonchev–Trinajstić information content (AvgIpc) is 3.40. The molecule has 3 aromatic rings. The molecule has 5 rings (SSSR count). The summed E-state index contributed by atoms with van der Waals surface area (Å²) in [7, 11) is 0. The van der Waals surface area contributed by atoms with Crippen LogP contribution in [0, 0.1) is 0 Å². The number of esters is 1. The highest BCUT2D eigenvalue weighted by molar-refractivity contribution is 5.92. The van der Waals surface area contributed by atoms with Crippen molar-refractivity contribution in [2.45, 2.75) is 110 Å². The lowest BCUT2D eigenvalue weighted by molar-refractivity contribution is -0.140. The lowest BCUT2D eigenvalue weighted by Crippen LogP contribution is -2.43. The number of nitrogens with zero attached hydrogens (tertiary/aromatic N) is 2. The van der Waals surface area contributed by atoms with E-state index in [1.807, 2.05) is 12.1 Å². The minimum absolute atomic E-state index is 0.141. The Hall–Kier alpha value is -3.73. The Morgan fingerprint density at radius 3 is 2.50 bits per heavy atom. The first kappa shape index (κ1) is 33.6. The van der Waals surface area contributed by atoms with Crippen LogP contribution >= 0.6 is 0 Å². The number of pyridine rings is 2. The number of aromatic nitrogens is 2. The van der Waals surface area contributed by atoms with Gasteiger partial charge in [0.1, 0.15) is 18.0 Å². The molecule has 0 radical (unpaired) electrons. The Labute approximate surface area is 269 Å². The van der Waals surface area contributed by atoms with Crippen LogP contribution < -0.4 is 15.6 Å². The number of benzene rings is 1. The van der Waals surface area contributed by atoms with Gasteiger partial charge in [0.2, 0.25) is 0 Å². The quantitative estimate of drug-likeness (QED) is 0.0994. The first-order chi connectivity index (χ1) is 22.1. The Kier molecular flexibility index (Phi) is 10.5. The number of rotatable bonds is 15. The van der Waals surface area contributed by atoms with Crippen LogP contribution in [0.5, 0.6) is 5.75 Å². The number of carbonyl (C=O) groups excluding carboxylic acids is 3. The summed E-state index contributed by atoms with van der Waals surface area (Å²) in [4.78, 5) is 55.5. The van der Waals surface area contributed by atoms with Gasteiger partial charge in [0, 0.05) is 47.4 Å². The van der Waals surface area contributed by atoms with Crippen molar-refractivity contribution in [2.75, 3.05) is 13.2 Å². The van der Waals surface area contributed by atoms with Crippen LogP contribution in [0.3, 0.4) is 0 Å². The lowest BCUT2D eigenvalue weighted by atomic mass is 9.77. The van der Waals surface area contributed by atoms with E-state index >= 15 is 0 Å². The van der Waals surface area contributed by atoms with E-state index in [1.54, 1.807) is 23.6 Å². The molecule has 0 spiro atoms. The molecule has 10 nitrogen and oxygen atoms in total. The Bertz CT molecular complexity index is 1710. The maximum Gasteiger partial charge on any atom is 0.311 e. The zero-order chi connectivity index (χ0) is 33.0. The highest BCUT2D eigenvalue weighted by atomic mass is 16.5. The summed E-state index contributed by atoms with van der Waals surface area (Å²) in [5.41, 5.74) is 2.97. The molecule has 1 aliphatic carbocycles. The second-order valence-electron chi connectivity index (χ2n) is 12.8. The molecule has 0 amide bonds. The van der Waals surface area contributed by atoms with E-state index in [0.717, 1.165) is 42.2 Å². The van der Waals surface area contributed by atoms with Gasteiger partial charge in [-0.3, -0.25) is 19.2 Å². The van der Waals surface area contributed by atoms with E-state index in [-0.39, 0.29) is 48.4 Å². The largest absolute Gasteiger partial charge is 0.427 e. The molecule has 0 bridgehead atoms. The van der Waals surface area contributed by atoms with Crippen LogP contribution in [-0.4, -0.2) is 56.5 Å². The molecule has 10 heteroatoms. The van der Waals surface area contributed by atoms with Crippen LogP contribution in [-0.2, 0) is 39.4 Å². The van der Waals surface area contributed by atoms with Crippen molar-refractivity contribution in [3.05, 3.63) is 56.9 Å². The predicted molar refractivity (Wildman–Crippen MR) is 175 cm³/mol. The number of ether oxygens (including phenoxy) is 1. The third-order valence-electron chi connectivity index (χ3n) is 9.33. The maximum atomic E-state index is 13.8. The Morgan fingerprint density at radius 1 is 1.04 bits per heavy atom. The van der Waals surface area contributed by atoms with E-state index in [0.29, 0.717) is 72.6 Å². The third kappa shape index (κ3) is 6.84. The van der Waals surface area contributed by atoms with E-state index in [1.165, 1.54) is 0 Å². The molecule has 46 heavy (non-hydrogen) atoms. The summed E-state index contributed by atoms with van der Waals surface area (Å²) >= 11 is 0. The molecule has 1 atom stereocenters. The standard InChI is InChI=1S/C36H45N3O7/c1-4-36(45)29-19-31-34-28(20-39(31)35(44)26(29)13-15-32(36)42)25(16-17-37-22(2)3)27-18-24(12-14-30(27)38-34)46-33(43)11-9-7-5-6-8-10-23(41)21-40/h12,14,18-19,22,37,40,45H,4-11,13,15-17,20-21H2,1-3H3/t36-/m0/s1. The fourth-order valence-electron chi connectivity index (χ4n) is 6.74. The molecule has 2 aromatic heterocycles. The van der Waals surface area contributed by atoms with Crippen molar-refractivity contribution in [2.24, 2.45) is 0 Å². The number of Topliss-reactive ketones (excluding diaryl/α,β-unsaturated/α-hetero) is 2. The van der Waals surface area contributed by atoms with Crippen LogP contribution in [0.15, 0.2) is 29.1 Å². The molecule has 3 N–H and O–H groups in total. The van der Waals surface area contributed by atoms with Crippen LogP contribution in [0.4, 0.5) is 0 Å². The number of carbonyl (C=O) groups is 3. The van der Waals surface area contributed by atoms with Gasteiger partial charge in [0.25, 0.3) is 5.56 Å². The highest BCUT2D eigenvalue weighted by Crippen LogP contribution is 2.41. The summed E-state index contributed by atoms with van der Waals surface area (Å²) in [6, 6.07) is 7.50. The zero-order valence-corrected chi connectivity index (χ0v) is 27.1. The van der Waals surface area contributed by atoms with E-state index in [4.69, 9.17) is 14.8 Å². The molecule has 0 saturated heterocycles. The second kappa shape index (κ2) is 14.4. The number of hydrogen-bond donors (Lipinski definition) is 3. The van der Waals surface area contributed by atoms with Crippen molar-refractivity contribution in [3.63, 3.8) is 0 Å². The Balaban J connectivity index is 1.40. The molecule has 3 heterocycles. The van der Waals surface area contributed by atoms with Gasteiger partial charge in [-0.05, 0) is 68.5 Å². The minimum atomic E-state index is -1.68. The number of aliphatic hydroxyl groups is 2. The van der Waals surface area contributed by atoms with Crippen molar-refractivity contribution in [1.82, 2.24) is 14.9 Å². The van der Waals surface area contributed by atoms with E-state index in [9.17, 15) is 24.3 Å². The number of fused-ring (bicyclic) bond motifs is 5. The molecule has 0 saturated carbocycles. The zero-order valence-electron chi connectivity index (χ0n) is 27.1. The van der Waals surface area contributed by atoms with Crippen molar-refractivity contribution < 1.29 is 29.3 Å². The summed E-state index contributed by atoms with van der Waals surface area (Å²) < 4.78 is 7.45. The SMILES string of the molecule is CC[C@@]1(O)C(=O)CCc2c1cc1n(c2=O)Cc2c-1nc1ccc(OC(=O)CCCCCCCC(=O)CO)cc1c2CCNC(C)C. The summed E-state index contributed by atoms with van der Waals surface area (Å²) in [5.74, 6) is -0.270. The average molecular weight is 632 g/mol. The van der Waals surface area contributed by atoms with Crippen LogP contribution in [0.1, 0.15) is 101 Å². The topological polar surface area (TPSA) is 148 Å². The molecule has 246 valence electrons. The molecule has 1 aliphatic heterocycles. The highest BCUT2D eigenvalue weighted by Gasteiger charge is 2.43. The smallest absolute Gasteiger partial charge is 0.311 e. The third-order valence-corrected chi connectivity index (χ3v) is 9.33. The normalized spacial score (nSPS) is 16.9. The second-order valence-corrected chi connectivity index (χ2v) is 12.8. The number of hydrogen-bond acceptors (Lipinski definition) is 9. The molecule has 2 aliphatic rings. The van der Waals surface area contributed by atoms with Gasteiger partial charge < -0.3 is 24.8 Å². The van der Waals surface area contributed by atoms with Crippen LogP contribution in [0.2, 0.25) is 0 Å². The van der Waals surface area contributed by atoms with E-state index < -0.39 is 12.2 Å². The Morgan fingerprint density at radius 2 is 1.78 bits per heavy atom. The molecule has 0 fully saturated rings. The molecular formula is C36H45N3O7. The molecule has 1 aromatic carbocycles. The lowest BCUT2D eigenvalue weighted by Gasteiger charge is -2.32. The number of unbranched alkanes of at least 4 members (excludes halogenated alkanes) is 4. The maximum absolute atomic E-state index is 13.8.